The fraction of sp³-hybridized carbons (Fsp3) is 0.375. The molecular formula is C24H25N3O4. The molecule has 2 aromatic carbocycles. The van der Waals surface area contributed by atoms with E-state index in [9.17, 15) is 9.59 Å². The summed E-state index contributed by atoms with van der Waals surface area (Å²) in [6.45, 7) is 2.27. The fourth-order valence-electron chi connectivity index (χ4n) is 4.54. The molecular weight excluding hydrogens is 394 g/mol. The van der Waals surface area contributed by atoms with Gasteiger partial charge in [0.05, 0.1) is 37.4 Å². The molecule has 0 saturated carbocycles. The SMILES string of the molecule is COc1cc2c(cc1OCCC(=O)N1Cc3ccccc3C1)N=C[C@@H]1CCCN1C2=O. The van der Waals surface area contributed by atoms with E-state index in [2.05, 4.69) is 17.1 Å². The summed E-state index contributed by atoms with van der Waals surface area (Å²) in [5.41, 5.74) is 3.51. The Balaban J connectivity index is 1.26. The molecule has 2 amide bonds. The van der Waals surface area contributed by atoms with Crippen LogP contribution in [0.25, 0.3) is 0 Å². The van der Waals surface area contributed by atoms with Crippen molar-refractivity contribution in [3.8, 4) is 11.5 Å². The number of methoxy groups -OCH3 is 1. The zero-order valence-corrected chi connectivity index (χ0v) is 17.5. The second kappa shape index (κ2) is 8.06. The molecule has 0 unspecified atom stereocenters. The molecule has 1 fully saturated rings. The molecule has 3 heterocycles. The van der Waals surface area contributed by atoms with Crippen molar-refractivity contribution in [2.45, 2.75) is 38.4 Å². The number of nitrogens with zero attached hydrogens (tertiary/aromatic N) is 3. The van der Waals surface area contributed by atoms with Gasteiger partial charge in [-0.3, -0.25) is 14.6 Å². The van der Waals surface area contributed by atoms with Crippen LogP contribution in [0.15, 0.2) is 41.4 Å². The lowest BCUT2D eigenvalue weighted by atomic mass is 10.1. The Morgan fingerprint density at radius 3 is 2.68 bits per heavy atom. The Hall–Kier alpha value is -3.35. The van der Waals surface area contributed by atoms with Crippen LogP contribution >= 0.6 is 0 Å². The van der Waals surface area contributed by atoms with E-state index in [-0.39, 0.29) is 30.9 Å². The molecule has 160 valence electrons. The molecule has 0 bridgehead atoms. The topological polar surface area (TPSA) is 71.4 Å². The minimum Gasteiger partial charge on any atom is -0.493 e. The van der Waals surface area contributed by atoms with Crippen molar-refractivity contribution in [2.75, 3.05) is 20.3 Å². The van der Waals surface area contributed by atoms with Gasteiger partial charge in [0.2, 0.25) is 5.91 Å². The Bertz CT molecular complexity index is 1040. The van der Waals surface area contributed by atoms with E-state index in [0.717, 1.165) is 19.4 Å². The lowest BCUT2D eigenvalue weighted by molar-refractivity contribution is -0.132. The highest BCUT2D eigenvalue weighted by Gasteiger charge is 2.32. The van der Waals surface area contributed by atoms with Crippen LogP contribution in [0, 0.1) is 0 Å². The van der Waals surface area contributed by atoms with E-state index in [1.54, 1.807) is 19.2 Å². The predicted octanol–water partition coefficient (Wildman–Crippen LogP) is 3.33. The second-order valence-electron chi connectivity index (χ2n) is 8.12. The van der Waals surface area contributed by atoms with Crippen molar-refractivity contribution in [3.05, 3.63) is 53.1 Å². The lowest BCUT2D eigenvalue weighted by Gasteiger charge is -2.20. The smallest absolute Gasteiger partial charge is 0.256 e. The maximum absolute atomic E-state index is 12.9. The molecule has 0 aromatic heterocycles. The molecule has 0 spiro atoms. The van der Waals surface area contributed by atoms with Gasteiger partial charge in [-0.05, 0) is 30.0 Å². The zero-order valence-electron chi connectivity index (χ0n) is 17.5. The lowest BCUT2D eigenvalue weighted by Crippen LogP contribution is -2.35. The van der Waals surface area contributed by atoms with Crippen LogP contribution in [-0.4, -0.2) is 54.1 Å². The number of hydrogen-bond donors (Lipinski definition) is 0. The average Bonchev–Trinajstić information content (AvgIpc) is 3.41. The molecule has 3 aliphatic heterocycles. The number of hydrogen-bond acceptors (Lipinski definition) is 5. The molecule has 1 saturated heterocycles. The molecule has 0 aliphatic carbocycles. The number of carbonyl (C=O) groups excluding carboxylic acids is 2. The van der Waals surface area contributed by atoms with Crippen molar-refractivity contribution in [2.24, 2.45) is 4.99 Å². The van der Waals surface area contributed by atoms with Crippen LogP contribution in [0.3, 0.4) is 0 Å². The first-order valence-electron chi connectivity index (χ1n) is 10.7. The largest absolute Gasteiger partial charge is 0.493 e. The van der Waals surface area contributed by atoms with Gasteiger partial charge in [0.15, 0.2) is 11.5 Å². The number of fused-ring (bicyclic) bond motifs is 3. The number of ether oxygens (including phenoxy) is 2. The van der Waals surface area contributed by atoms with Gasteiger partial charge in [0.1, 0.15) is 0 Å². The van der Waals surface area contributed by atoms with Crippen molar-refractivity contribution >= 4 is 23.7 Å². The fourth-order valence-corrected chi connectivity index (χ4v) is 4.54. The van der Waals surface area contributed by atoms with Crippen molar-refractivity contribution in [1.82, 2.24) is 9.80 Å². The number of amides is 2. The highest BCUT2D eigenvalue weighted by molar-refractivity contribution is 6.03. The summed E-state index contributed by atoms with van der Waals surface area (Å²) in [4.78, 5) is 33.8. The van der Waals surface area contributed by atoms with E-state index in [0.29, 0.717) is 35.8 Å². The van der Waals surface area contributed by atoms with Crippen LogP contribution in [-0.2, 0) is 17.9 Å². The summed E-state index contributed by atoms with van der Waals surface area (Å²) in [5.74, 6) is 0.995. The monoisotopic (exact) mass is 419 g/mol. The summed E-state index contributed by atoms with van der Waals surface area (Å²) >= 11 is 0. The number of aliphatic imine (C=N–C) groups is 1. The molecule has 31 heavy (non-hydrogen) atoms. The summed E-state index contributed by atoms with van der Waals surface area (Å²) in [5, 5.41) is 0. The van der Waals surface area contributed by atoms with Gasteiger partial charge in [0.25, 0.3) is 5.91 Å². The summed E-state index contributed by atoms with van der Waals surface area (Å²) in [7, 11) is 1.55. The quantitative estimate of drug-likeness (QED) is 0.745. The van der Waals surface area contributed by atoms with Gasteiger partial charge < -0.3 is 19.3 Å². The van der Waals surface area contributed by atoms with Gasteiger partial charge >= 0.3 is 0 Å². The van der Waals surface area contributed by atoms with Crippen LogP contribution in [0.1, 0.15) is 40.7 Å². The van der Waals surface area contributed by atoms with Crippen LogP contribution in [0.2, 0.25) is 0 Å². The Morgan fingerprint density at radius 2 is 1.94 bits per heavy atom. The van der Waals surface area contributed by atoms with Crippen molar-refractivity contribution in [3.63, 3.8) is 0 Å². The van der Waals surface area contributed by atoms with Gasteiger partial charge in [-0.15, -0.1) is 0 Å². The van der Waals surface area contributed by atoms with Crippen LogP contribution in [0.4, 0.5) is 5.69 Å². The van der Waals surface area contributed by atoms with E-state index in [1.165, 1.54) is 11.1 Å². The van der Waals surface area contributed by atoms with Gasteiger partial charge in [-0.25, -0.2) is 0 Å². The highest BCUT2D eigenvalue weighted by Crippen LogP contribution is 2.38. The second-order valence-corrected chi connectivity index (χ2v) is 8.12. The molecule has 2 aromatic rings. The van der Waals surface area contributed by atoms with Crippen molar-refractivity contribution in [1.29, 1.82) is 0 Å². The first-order valence-corrected chi connectivity index (χ1v) is 10.7. The normalized spacial score (nSPS) is 19.0. The van der Waals surface area contributed by atoms with Gasteiger partial charge in [-0.2, -0.15) is 0 Å². The van der Waals surface area contributed by atoms with Crippen molar-refractivity contribution < 1.29 is 19.1 Å². The maximum Gasteiger partial charge on any atom is 0.256 e. The molecule has 5 rings (SSSR count). The minimum absolute atomic E-state index is 0.0244. The zero-order chi connectivity index (χ0) is 21.4. The Kier molecular flexibility index (Phi) is 5.10. The third-order valence-corrected chi connectivity index (χ3v) is 6.23. The average molecular weight is 419 g/mol. The maximum atomic E-state index is 12.9. The van der Waals surface area contributed by atoms with Crippen LogP contribution < -0.4 is 9.47 Å². The summed E-state index contributed by atoms with van der Waals surface area (Å²) in [6.07, 6.45) is 4.05. The Morgan fingerprint density at radius 1 is 1.16 bits per heavy atom. The molecule has 0 N–H and O–H groups in total. The summed E-state index contributed by atoms with van der Waals surface area (Å²) in [6, 6.07) is 11.6. The van der Waals surface area contributed by atoms with E-state index in [4.69, 9.17) is 9.47 Å². The number of rotatable bonds is 5. The van der Waals surface area contributed by atoms with Crippen LogP contribution in [0.5, 0.6) is 11.5 Å². The summed E-state index contributed by atoms with van der Waals surface area (Å²) < 4.78 is 11.4. The first-order chi connectivity index (χ1) is 15.1. The van der Waals surface area contributed by atoms with Gasteiger partial charge in [0, 0.05) is 31.9 Å². The molecule has 1 atom stereocenters. The molecule has 7 nitrogen and oxygen atoms in total. The molecule has 3 aliphatic rings. The van der Waals surface area contributed by atoms with E-state index < -0.39 is 0 Å². The predicted molar refractivity (Wildman–Crippen MR) is 116 cm³/mol. The molecule has 7 heteroatoms. The minimum atomic E-state index is -0.0244. The standard InChI is InChI=1S/C24H25N3O4/c1-30-21-11-19-20(25-13-18-7-4-9-27(18)24(19)29)12-22(21)31-10-8-23(28)26-14-16-5-2-3-6-17(16)15-26/h2-3,5-6,11-13,18H,4,7-10,14-15H2,1H3/t18-/m0/s1. The first kappa shape index (κ1) is 19.6. The highest BCUT2D eigenvalue weighted by atomic mass is 16.5. The third-order valence-electron chi connectivity index (χ3n) is 6.23. The van der Waals surface area contributed by atoms with E-state index in [1.807, 2.05) is 28.1 Å². The Labute approximate surface area is 181 Å². The number of carbonyl (C=O) groups is 2. The van der Waals surface area contributed by atoms with E-state index >= 15 is 0 Å². The third kappa shape index (κ3) is 3.65. The number of benzene rings is 2. The van der Waals surface area contributed by atoms with Gasteiger partial charge in [-0.1, -0.05) is 24.3 Å². The molecule has 0 radical (unpaired) electrons.